The van der Waals surface area contributed by atoms with E-state index in [4.69, 9.17) is 0 Å². The zero-order valence-electron chi connectivity index (χ0n) is 10.1. The molecule has 0 radical (unpaired) electrons. The van der Waals surface area contributed by atoms with E-state index >= 15 is 0 Å². The molecule has 2 heteroatoms. The maximum atomic E-state index is 13.9. The summed E-state index contributed by atoms with van der Waals surface area (Å²) in [7, 11) is 0. The lowest BCUT2D eigenvalue weighted by Crippen LogP contribution is -2.22. The van der Waals surface area contributed by atoms with Crippen molar-refractivity contribution in [2.45, 2.75) is 19.3 Å². The Bertz CT molecular complexity index is 470. The van der Waals surface area contributed by atoms with Crippen LogP contribution in [0.1, 0.15) is 19.4 Å². The fourth-order valence-corrected chi connectivity index (χ4v) is 2.50. The number of benzene rings is 1. The second kappa shape index (κ2) is 5.46. The van der Waals surface area contributed by atoms with Gasteiger partial charge in [-0.2, -0.15) is 0 Å². The summed E-state index contributed by atoms with van der Waals surface area (Å²) in [6.07, 6.45) is 3.54. The van der Waals surface area contributed by atoms with Crippen LogP contribution in [0, 0.1) is 5.82 Å². The van der Waals surface area contributed by atoms with Gasteiger partial charge in [-0.1, -0.05) is 73.3 Å². The van der Waals surface area contributed by atoms with Gasteiger partial charge in [0, 0.05) is 9.90 Å². The average molecular weight is 295 g/mol. The molecule has 0 aromatic heterocycles. The van der Waals surface area contributed by atoms with Gasteiger partial charge in [0.15, 0.2) is 0 Å². The number of hydrogen-bond acceptors (Lipinski definition) is 0. The molecule has 0 aliphatic rings. The quantitative estimate of drug-likeness (QED) is 0.676. The molecule has 0 saturated carbocycles. The van der Waals surface area contributed by atoms with E-state index in [1.807, 2.05) is 26.0 Å². The van der Waals surface area contributed by atoms with E-state index in [1.165, 1.54) is 6.07 Å². The molecule has 0 nitrogen and oxygen atoms in total. The number of rotatable bonds is 4. The largest absolute Gasteiger partial charge is 0.207 e. The summed E-state index contributed by atoms with van der Waals surface area (Å²) in [6, 6.07) is 6.79. The second-order valence-electron chi connectivity index (χ2n) is 4.33. The topological polar surface area (TPSA) is 0 Å². The van der Waals surface area contributed by atoms with Crippen LogP contribution in [0.2, 0.25) is 0 Å². The third-order valence-electron chi connectivity index (χ3n) is 2.80. The number of hydrogen-bond donors (Lipinski definition) is 0. The summed E-state index contributed by atoms with van der Waals surface area (Å²) >= 11 is 3.37. The van der Waals surface area contributed by atoms with Crippen LogP contribution in [0.15, 0.2) is 59.6 Å². The summed E-state index contributed by atoms with van der Waals surface area (Å²) in [6.45, 7) is 11.5. The van der Waals surface area contributed by atoms with Gasteiger partial charge in [0.25, 0.3) is 0 Å². The van der Waals surface area contributed by atoms with Crippen LogP contribution in [-0.2, 0) is 5.41 Å². The van der Waals surface area contributed by atoms with Crippen molar-refractivity contribution < 1.29 is 4.39 Å². The molecular weight excluding hydrogens is 279 g/mol. The first-order chi connectivity index (χ1) is 7.91. The molecule has 0 bridgehead atoms. The van der Waals surface area contributed by atoms with Crippen molar-refractivity contribution in [3.63, 3.8) is 0 Å². The van der Waals surface area contributed by atoms with E-state index in [1.54, 1.807) is 18.2 Å². The molecule has 0 aliphatic heterocycles. The Kier molecular flexibility index (Phi) is 4.47. The second-order valence-corrected chi connectivity index (χ2v) is 5.28. The standard InChI is InChI=1S/C15H16BrF/c1-5-8-12(11(2)16)15(3,4)13-9-6-7-10-14(13)17/h5-10H,1-2H2,3-4H3/b12-8+. The SMILES string of the molecule is C=C/C=C(\C(=C)Br)C(C)(C)c1ccccc1F. The lowest BCUT2D eigenvalue weighted by molar-refractivity contribution is 0.547. The smallest absolute Gasteiger partial charge is 0.127 e. The first-order valence-electron chi connectivity index (χ1n) is 5.34. The van der Waals surface area contributed by atoms with Gasteiger partial charge in [-0.05, 0) is 17.2 Å². The van der Waals surface area contributed by atoms with Crippen LogP contribution in [0.4, 0.5) is 4.39 Å². The molecule has 0 heterocycles. The molecular formula is C15H16BrF. The highest BCUT2D eigenvalue weighted by molar-refractivity contribution is 9.11. The van der Waals surface area contributed by atoms with E-state index in [0.29, 0.717) is 5.56 Å². The van der Waals surface area contributed by atoms with Crippen LogP contribution in [-0.4, -0.2) is 0 Å². The van der Waals surface area contributed by atoms with Crippen LogP contribution in [0.25, 0.3) is 0 Å². The van der Waals surface area contributed by atoms with Gasteiger partial charge >= 0.3 is 0 Å². The van der Waals surface area contributed by atoms with E-state index in [0.717, 1.165) is 10.1 Å². The molecule has 0 aliphatic carbocycles. The zero-order chi connectivity index (χ0) is 13.1. The molecule has 1 rings (SSSR count). The van der Waals surface area contributed by atoms with Crippen LogP contribution >= 0.6 is 15.9 Å². The third-order valence-corrected chi connectivity index (χ3v) is 3.22. The van der Waals surface area contributed by atoms with E-state index in [9.17, 15) is 4.39 Å². The van der Waals surface area contributed by atoms with Crippen molar-refractivity contribution in [1.29, 1.82) is 0 Å². The molecule has 0 saturated heterocycles. The van der Waals surface area contributed by atoms with Crippen molar-refractivity contribution in [3.8, 4) is 0 Å². The first-order valence-corrected chi connectivity index (χ1v) is 6.13. The molecule has 17 heavy (non-hydrogen) atoms. The summed E-state index contributed by atoms with van der Waals surface area (Å²) in [5.74, 6) is -0.207. The Morgan fingerprint density at radius 1 is 1.35 bits per heavy atom. The summed E-state index contributed by atoms with van der Waals surface area (Å²) in [5.41, 5.74) is 1.10. The van der Waals surface area contributed by atoms with Gasteiger partial charge in [-0.25, -0.2) is 4.39 Å². The minimum absolute atomic E-state index is 0.207. The minimum Gasteiger partial charge on any atom is -0.207 e. The molecule has 0 unspecified atom stereocenters. The van der Waals surface area contributed by atoms with Gasteiger partial charge in [-0.3, -0.25) is 0 Å². The molecule has 0 N–H and O–H groups in total. The van der Waals surface area contributed by atoms with Gasteiger partial charge in [0.2, 0.25) is 0 Å². The minimum atomic E-state index is -0.458. The summed E-state index contributed by atoms with van der Waals surface area (Å²) in [5, 5.41) is 0. The summed E-state index contributed by atoms with van der Waals surface area (Å²) in [4.78, 5) is 0. The fourth-order valence-electron chi connectivity index (χ4n) is 1.87. The van der Waals surface area contributed by atoms with Crippen molar-refractivity contribution >= 4 is 15.9 Å². The third kappa shape index (κ3) is 2.95. The lowest BCUT2D eigenvalue weighted by Gasteiger charge is -2.29. The Morgan fingerprint density at radius 3 is 2.41 bits per heavy atom. The molecule has 0 spiro atoms. The van der Waals surface area contributed by atoms with Gasteiger partial charge in [0.1, 0.15) is 5.82 Å². The van der Waals surface area contributed by atoms with Crippen molar-refractivity contribution in [2.75, 3.05) is 0 Å². The Balaban J connectivity index is 3.36. The Hall–Kier alpha value is -1.15. The van der Waals surface area contributed by atoms with Crippen LogP contribution in [0.3, 0.4) is 0 Å². The fraction of sp³-hybridized carbons (Fsp3) is 0.200. The highest BCUT2D eigenvalue weighted by atomic mass is 79.9. The highest BCUT2D eigenvalue weighted by Crippen LogP contribution is 2.38. The molecule has 90 valence electrons. The predicted molar refractivity (Wildman–Crippen MR) is 75.8 cm³/mol. The maximum absolute atomic E-state index is 13.9. The predicted octanol–water partition coefficient (Wildman–Crippen LogP) is 5.12. The van der Waals surface area contributed by atoms with Crippen molar-refractivity contribution in [1.82, 2.24) is 0 Å². The zero-order valence-corrected chi connectivity index (χ0v) is 11.7. The molecule has 0 amide bonds. The molecule has 0 atom stereocenters. The Labute approximate surface area is 111 Å². The van der Waals surface area contributed by atoms with E-state index in [-0.39, 0.29) is 5.82 Å². The van der Waals surface area contributed by atoms with Gasteiger partial charge < -0.3 is 0 Å². The first kappa shape index (κ1) is 13.9. The van der Waals surface area contributed by atoms with Crippen molar-refractivity contribution in [2.24, 2.45) is 0 Å². The average Bonchev–Trinajstić information content (AvgIpc) is 2.25. The molecule has 0 fully saturated rings. The maximum Gasteiger partial charge on any atom is 0.127 e. The van der Waals surface area contributed by atoms with Crippen molar-refractivity contribution in [3.05, 3.63) is 71.0 Å². The summed E-state index contributed by atoms with van der Waals surface area (Å²) < 4.78 is 14.6. The highest BCUT2D eigenvalue weighted by Gasteiger charge is 2.28. The molecule has 1 aromatic carbocycles. The van der Waals surface area contributed by atoms with Gasteiger partial charge in [-0.15, -0.1) is 0 Å². The van der Waals surface area contributed by atoms with Crippen LogP contribution in [0.5, 0.6) is 0 Å². The van der Waals surface area contributed by atoms with E-state index in [2.05, 4.69) is 29.1 Å². The van der Waals surface area contributed by atoms with Crippen LogP contribution < -0.4 is 0 Å². The number of halogens is 2. The normalized spacial score (nSPS) is 12.4. The van der Waals surface area contributed by atoms with E-state index < -0.39 is 5.41 Å². The van der Waals surface area contributed by atoms with Gasteiger partial charge in [0.05, 0.1) is 0 Å². The Morgan fingerprint density at radius 2 is 1.94 bits per heavy atom. The molecule has 1 aromatic rings. The monoisotopic (exact) mass is 294 g/mol. The number of allylic oxidation sites excluding steroid dienone is 4. The lowest BCUT2D eigenvalue weighted by atomic mass is 9.77.